The highest BCUT2D eigenvalue weighted by atomic mass is 32.1. The maximum absolute atomic E-state index is 4.91. The molecule has 1 saturated heterocycles. The summed E-state index contributed by atoms with van der Waals surface area (Å²) in [5.41, 5.74) is 4.00. The molecule has 1 aromatic carbocycles. The number of aromatic nitrogens is 2. The Bertz CT molecular complexity index is 917. The summed E-state index contributed by atoms with van der Waals surface area (Å²) in [4.78, 5) is 15.9. The molecule has 0 unspecified atom stereocenters. The molecule has 3 aromatic rings. The fourth-order valence-electron chi connectivity index (χ4n) is 4.57. The van der Waals surface area contributed by atoms with Crippen LogP contribution in [0.3, 0.4) is 0 Å². The molecule has 2 aliphatic heterocycles. The van der Waals surface area contributed by atoms with Crippen molar-refractivity contribution in [2.45, 2.75) is 32.4 Å². The van der Waals surface area contributed by atoms with Gasteiger partial charge in [-0.05, 0) is 60.8 Å². The fraction of sp³-hybridized carbons (Fsp3) is 0.417. The van der Waals surface area contributed by atoms with Crippen molar-refractivity contribution in [3.63, 3.8) is 0 Å². The molecule has 150 valence electrons. The summed E-state index contributed by atoms with van der Waals surface area (Å²) in [7, 11) is 0. The normalized spacial score (nSPS) is 18.6. The first-order chi connectivity index (χ1) is 14.3. The third kappa shape index (κ3) is 4.58. The van der Waals surface area contributed by atoms with Gasteiger partial charge in [0, 0.05) is 32.4 Å². The third-order valence-corrected chi connectivity index (χ3v) is 7.10. The lowest BCUT2D eigenvalue weighted by Gasteiger charge is -2.36. The van der Waals surface area contributed by atoms with E-state index in [-0.39, 0.29) is 0 Å². The molecule has 0 amide bonds. The van der Waals surface area contributed by atoms with E-state index in [2.05, 4.69) is 68.8 Å². The lowest BCUT2D eigenvalue weighted by Crippen LogP contribution is -2.40. The van der Waals surface area contributed by atoms with E-state index in [0.29, 0.717) is 0 Å². The Morgan fingerprint density at radius 3 is 2.62 bits per heavy atom. The molecule has 0 saturated carbocycles. The second-order valence-corrected chi connectivity index (χ2v) is 9.28. The van der Waals surface area contributed by atoms with Crippen molar-refractivity contribution in [1.29, 1.82) is 0 Å². The van der Waals surface area contributed by atoms with Crippen LogP contribution in [0.2, 0.25) is 0 Å². The number of likely N-dealkylation sites (tertiary alicyclic amines) is 1. The molecule has 0 atom stereocenters. The van der Waals surface area contributed by atoms with Gasteiger partial charge in [0.2, 0.25) is 0 Å². The molecule has 0 bridgehead atoms. The molecule has 0 radical (unpaired) electrons. The zero-order valence-electron chi connectivity index (χ0n) is 16.8. The van der Waals surface area contributed by atoms with Gasteiger partial charge < -0.3 is 0 Å². The van der Waals surface area contributed by atoms with Crippen molar-refractivity contribution in [3.8, 4) is 10.7 Å². The quantitative estimate of drug-likeness (QED) is 0.628. The zero-order valence-corrected chi connectivity index (χ0v) is 17.7. The Morgan fingerprint density at radius 1 is 0.966 bits per heavy atom. The van der Waals surface area contributed by atoms with Crippen molar-refractivity contribution in [1.82, 2.24) is 19.8 Å². The van der Waals surface area contributed by atoms with Crippen LogP contribution in [0.5, 0.6) is 0 Å². The summed E-state index contributed by atoms with van der Waals surface area (Å²) in [6, 6.07) is 15.0. The highest BCUT2D eigenvalue weighted by molar-refractivity contribution is 7.13. The molecule has 4 nitrogen and oxygen atoms in total. The predicted molar refractivity (Wildman–Crippen MR) is 119 cm³/mol. The SMILES string of the molecule is c1ccc(CN2CCC(CN3CCc4cnc(-c5cccs5)nc4C3)CC2)cc1. The Morgan fingerprint density at radius 2 is 1.83 bits per heavy atom. The number of hydrogen-bond donors (Lipinski definition) is 0. The van der Waals surface area contributed by atoms with Gasteiger partial charge in [0.05, 0.1) is 10.6 Å². The molecule has 2 aromatic heterocycles. The van der Waals surface area contributed by atoms with E-state index >= 15 is 0 Å². The average molecular weight is 405 g/mol. The maximum atomic E-state index is 4.91. The van der Waals surface area contributed by atoms with Gasteiger partial charge in [-0.25, -0.2) is 9.97 Å². The molecule has 29 heavy (non-hydrogen) atoms. The Hall–Kier alpha value is -2.08. The van der Waals surface area contributed by atoms with E-state index in [4.69, 9.17) is 4.98 Å². The summed E-state index contributed by atoms with van der Waals surface area (Å²) in [6.45, 7) is 6.84. The van der Waals surface area contributed by atoms with Gasteiger partial charge in [-0.3, -0.25) is 9.80 Å². The van der Waals surface area contributed by atoms with Gasteiger partial charge in [0.15, 0.2) is 5.82 Å². The summed E-state index contributed by atoms with van der Waals surface area (Å²) in [6.07, 6.45) is 5.74. The van der Waals surface area contributed by atoms with Crippen LogP contribution in [0, 0.1) is 5.92 Å². The summed E-state index contributed by atoms with van der Waals surface area (Å²) in [5, 5.41) is 2.09. The summed E-state index contributed by atoms with van der Waals surface area (Å²) >= 11 is 1.71. The molecule has 1 fully saturated rings. The van der Waals surface area contributed by atoms with Crippen LogP contribution in [-0.2, 0) is 19.5 Å². The van der Waals surface area contributed by atoms with Crippen LogP contribution < -0.4 is 0 Å². The second-order valence-electron chi connectivity index (χ2n) is 8.33. The largest absolute Gasteiger partial charge is 0.299 e. The van der Waals surface area contributed by atoms with E-state index in [1.807, 2.05) is 0 Å². The van der Waals surface area contributed by atoms with Crippen LogP contribution in [-0.4, -0.2) is 45.9 Å². The van der Waals surface area contributed by atoms with Crippen molar-refractivity contribution in [3.05, 3.63) is 70.9 Å². The fourth-order valence-corrected chi connectivity index (χ4v) is 5.24. The number of fused-ring (bicyclic) bond motifs is 1. The molecule has 5 heteroatoms. The number of piperidine rings is 1. The monoisotopic (exact) mass is 404 g/mol. The Labute approximate surface area is 177 Å². The van der Waals surface area contributed by atoms with Gasteiger partial charge in [-0.15, -0.1) is 11.3 Å². The van der Waals surface area contributed by atoms with E-state index < -0.39 is 0 Å². The molecular formula is C24H28N4S. The minimum atomic E-state index is 0.808. The summed E-state index contributed by atoms with van der Waals surface area (Å²) in [5.74, 6) is 1.69. The topological polar surface area (TPSA) is 32.3 Å². The van der Waals surface area contributed by atoms with Crippen LogP contribution in [0.25, 0.3) is 10.7 Å². The Kier molecular flexibility index (Phi) is 5.70. The molecule has 4 heterocycles. The Balaban J connectivity index is 1.15. The molecular weight excluding hydrogens is 376 g/mol. The smallest absolute Gasteiger partial charge is 0.169 e. The van der Waals surface area contributed by atoms with E-state index in [0.717, 1.165) is 42.7 Å². The molecule has 2 aliphatic rings. The minimum Gasteiger partial charge on any atom is -0.299 e. The standard InChI is InChI=1S/C24H28N4S/c1-2-5-19(6-3-1)16-27-11-8-20(9-12-27)17-28-13-10-21-15-25-24(26-22(21)18-28)23-7-4-14-29-23/h1-7,14-15,20H,8-13,16-18H2. The van der Waals surface area contributed by atoms with Gasteiger partial charge in [-0.1, -0.05) is 36.4 Å². The lowest BCUT2D eigenvalue weighted by atomic mass is 9.94. The van der Waals surface area contributed by atoms with Crippen molar-refractivity contribution >= 4 is 11.3 Å². The maximum Gasteiger partial charge on any atom is 0.169 e. The van der Waals surface area contributed by atoms with Gasteiger partial charge >= 0.3 is 0 Å². The van der Waals surface area contributed by atoms with Crippen LogP contribution in [0.4, 0.5) is 0 Å². The zero-order chi connectivity index (χ0) is 19.5. The summed E-state index contributed by atoms with van der Waals surface area (Å²) < 4.78 is 0. The van der Waals surface area contributed by atoms with Crippen LogP contribution in [0.1, 0.15) is 29.7 Å². The number of nitrogens with zero attached hydrogens (tertiary/aromatic N) is 4. The van der Waals surface area contributed by atoms with Crippen LogP contribution in [0.15, 0.2) is 54.0 Å². The lowest BCUT2D eigenvalue weighted by molar-refractivity contribution is 0.131. The predicted octanol–water partition coefficient (Wildman–Crippen LogP) is 4.48. The van der Waals surface area contributed by atoms with Crippen molar-refractivity contribution < 1.29 is 0 Å². The molecule has 0 spiro atoms. The minimum absolute atomic E-state index is 0.808. The van der Waals surface area contributed by atoms with E-state index in [1.165, 1.54) is 49.3 Å². The van der Waals surface area contributed by atoms with Crippen molar-refractivity contribution in [2.24, 2.45) is 5.92 Å². The van der Waals surface area contributed by atoms with Crippen molar-refractivity contribution in [2.75, 3.05) is 26.2 Å². The molecule has 5 rings (SSSR count). The number of benzene rings is 1. The van der Waals surface area contributed by atoms with Gasteiger partial charge in [0.25, 0.3) is 0 Å². The third-order valence-electron chi connectivity index (χ3n) is 6.24. The molecule has 0 N–H and O–H groups in total. The number of rotatable bonds is 5. The van der Waals surface area contributed by atoms with Gasteiger partial charge in [-0.2, -0.15) is 0 Å². The molecule has 0 aliphatic carbocycles. The van der Waals surface area contributed by atoms with E-state index in [1.54, 1.807) is 11.3 Å². The highest BCUT2D eigenvalue weighted by Crippen LogP contribution is 2.26. The number of hydrogen-bond acceptors (Lipinski definition) is 5. The van der Waals surface area contributed by atoms with Gasteiger partial charge in [0.1, 0.15) is 0 Å². The highest BCUT2D eigenvalue weighted by Gasteiger charge is 2.25. The average Bonchev–Trinajstić information content (AvgIpc) is 3.30. The first-order valence-corrected chi connectivity index (χ1v) is 11.6. The second kappa shape index (κ2) is 8.74. The van der Waals surface area contributed by atoms with Crippen LogP contribution >= 0.6 is 11.3 Å². The first kappa shape index (κ1) is 18.9. The first-order valence-electron chi connectivity index (χ1n) is 10.7. The number of thiophene rings is 1. The van der Waals surface area contributed by atoms with E-state index in [9.17, 15) is 0 Å².